The zero-order valence-electron chi connectivity index (χ0n) is 18.0. The molecule has 0 aliphatic heterocycles. The van der Waals surface area contributed by atoms with Crippen LogP contribution in [-0.4, -0.2) is 13.4 Å². The highest BCUT2D eigenvalue weighted by Gasteiger charge is 2.22. The fourth-order valence-electron chi connectivity index (χ4n) is 4.05. The maximum absolute atomic E-state index is 11.3. The highest BCUT2D eigenvalue weighted by atomic mass is 16.5. The summed E-state index contributed by atoms with van der Waals surface area (Å²) in [6.07, 6.45) is 11.7. The first kappa shape index (κ1) is 23.2. The maximum Gasteiger partial charge on any atom is 0.143 e. The Kier molecular flexibility index (Phi) is 10.8. The predicted molar refractivity (Wildman–Crippen MR) is 119 cm³/mol. The Labute approximate surface area is 168 Å². The molecule has 0 spiro atoms. The standard InChI is InChI=1S/C23H32O2.C2H6.H2/c1-17(2)20(13-11-19-8-6-5-7-9-19)21(14-15-24)22-12-10-18(3)16-23(22)25-4;1-2;/h10,12,14-16,19-20H,1,5-9,11,13H2,2-4H3;1-2H3;1H/b21-14+;;. The lowest BCUT2D eigenvalue weighted by molar-refractivity contribution is -0.104. The van der Waals surface area contributed by atoms with E-state index in [2.05, 4.69) is 32.6 Å². The Balaban J connectivity index is 0.00000235. The SMILES string of the molecule is C=C(C)C(CCC1CCCCC1)/C(=C\C=O)c1ccc(C)cc1OC.CC.[HH]. The van der Waals surface area contributed by atoms with Gasteiger partial charge < -0.3 is 4.74 Å². The molecule has 0 N–H and O–H groups in total. The van der Waals surface area contributed by atoms with Gasteiger partial charge >= 0.3 is 0 Å². The van der Waals surface area contributed by atoms with E-state index in [-0.39, 0.29) is 7.34 Å². The van der Waals surface area contributed by atoms with Crippen molar-refractivity contribution in [2.24, 2.45) is 11.8 Å². The molecule has 0 bridgehead atoms. The number of hydrogen-bond donors (Lipinski definition) is 0. The van der Waals surface area contributed by atoms with Crippen LogP contribution < -0.4 is 4.74 Å². The number of benzene rings is 1. The highest BCUT2D eigenvalue weighted by Crippen LogP contribution is 2.39. The molecule has 1 fully saturated rings. The third-order valence-corrected chi connectivity index (χ3v) is 5.47. The highest BCUT2D eigenvalue weighted by molar-refractivity contribution is 5.85. The Hall–Kier alpha value is -1.83. The lowest BCUT2D eigenvalue weighted by atomic mass is 9.79. The Morgan fingerprint density at radius 2 is 1.96 bits per heavy atom. The zero-order chi connectivity index (χ0) is 20.2. The molecule has 2 heteroatoms. The van der Waals surface area contributed by atoms with Crippen LogP contribution in [0.2, 0.25) is 0 Å². The molecule has 27 heavy (non-hydrogen) atoms. The van der Waals surface area contributed by atoms with Crippen LogP contribution in [0, 0.1) is 18.8 Å². The fourth-order valence-corrected chi connectivity index (χ4v) is 4.05. The average Bonchev–Trinajstić information content (AvgIpc) is 2.69. The summed E-state index contributed by atoms with van der Waals surface area (Å²) in [6.45, 7) is 12.3. The van der Waals surface area contributed by atoms with E-state index in [4.69, 9.17) is 4.74 Å². The molecule has 0 amide bonds. The van der Waals surface area contributed by atoms with E-state index in [0.717, 1.165) is 46.6 Å². The van der Waals surface area contributed by atoms with Crippen molar-refractivity contribution in [2.45, 2.75) is 72.6 Å². The van der Waals surface area contributed by atoms with Gasteiger partial charge in [0.15, 0.2) is 0 Å². The summed E-state index contributed by atoms with van der Waals surface area (Å²) in [5.74, 6) is 1.86. The van der Waals surface area contributed by atoms with E-state index in [1.165, 1.54) is 38.5 Å². The van der Waals surface area contributed by atoms with Crippen molar-refractivity contribution in [2.75, 3.05) is 7.11 Å². The topological polar surface area (TPSA) is 26.3 Å². The number of hydrogen-bond acceptors (Lipinski definition) is 2. The largest absolute Gasteiger partial charge is 0.496 e. The van der Waals surface area contributed by atoms with E-state index >= 15 is 0 Å². The second kappa shape index (κ2) is 12.5. The average molecular weight is 373 g/mol. The van der Waals surface area contributed by atoms with E-state index in [1.54, 1.807) is 13.2 Å². The van der Waals surface area contributed by atoms with Crippen molar-refractivity contribution in [1.82, 2.24) is 0 Å². The van der Waals surface area contributed by atoms with Crippen LogP contribution in [0.4, 0.5) is 0 Å². The minimum Gasteiger partial charge on any atom is -0.496 e. The van der Waals surface area contributed by atoms with E-state index in [1.807, 2.05) is 19.9 Å². The lowest BCUT2D eigenvalue weighted by Crippen LogP contribution is -2.12. The molecule has 1 aliphatic rings. The van der Waals surface area contributed by atoms with E-state index in [9.17, 15) is 4.79 Å². The van der Waals surface area contributed by atoms with Gasteiger partial charge in [0.25, 0.3) is 0 Å². The molecule has 152 valence electrons. The first-order valence-corrected chi connectivity index (χ1v) is 10.5. The van der Waals surface area contributed by atoms with Gasteiger partial charge in [0, 0.05) is 12.9 Å². The van der Waals surface area contributed by atoms with Crippen LogP contribution in [0.1, 0.15) is 78.3 Å². The number of aryl methyl sites for hydroxylation is 1. The van der Waals surface area contributed by atoms with Crippen molar-refractivity contribution >= 4 is 11.9 Å². The molecule has 0 aromatic heterocycles. The summed E-state index contributed by atoms with van der Waals surface area (Å²) in [5, 5.41) is 0. The Morgan fingerprint density at radius 3 is 2.52 bits per heavy atom. The molecule has 2 rings (SSSR count). The second-order valence-electron chi connectivity index (χ2n) is 7.44. The van der Waals surface area contributed by atoms with Gasteiger partial charge in [0.05, 0.1) is 7.11 Å². The monoisotopic (exact) mass is 372 g/mol. The quantitative estimate of drug-likeness (QED) is 0.270. The van der Waals surface area contributed by atoms with E-state index < -0.39 is 0 Å². The van der Waals surface area contributed by atoms with Crippen molar-refractivity contribution in [1.29, 1.82) is 0 Å². The Bertz CT molecular complexity index is 627. The summed E-state index contributed by atoms with van der Waals surface area (Å²) in [5.41, 5.74) is 4.32. The van der Waals surface area contributed by atoms with Gasteiger partial charge in [0.2, 0.25) is 0 Å². The minimum absolute atomic E-state index is 0. The molecule has 0 saturated heterocycles. The number of carbonyl (C=O) groups is 1. The second-order valence-corrected chi connectivity index (χ2v) is 7.44. The number of carbonyl (C=O) groups excluding carboxylic acids is 1. The molecule has 0 radical (unpaired) electrons. The number of ether oxygens (including phenoxy) is 1. The van der Waals surface area contributed by atoms with Gasteiger partial charge in [-0.25, -0.2) is 0 Å². The minimum atomic E-state index is 0. The molecule has 1 saturated carbocycles. The third-order valence-electron chi connectivity index (χ3n) is 5.47. The zero-order valence-corrected chi connectivity index (χ0v) is 18.0. The van der Waals surface area contributed by atoms with E-state index in [0.29, 0.717) is 0 Å². The molecule has 1 atom stereocenters. The molecule has 2 nitrogen and oxygen atoms in total. The normalized spacial score (nSPS) is 16.1. The van der Waals surface area contributed by atoms with Crippen LogP contribution >= 0.6 is 0 Å². The number of allylic oxidation sites excluding steroid dienone is 3. The third kappa shape index (κ3) is 7.01. The first-order valence-electron chi connectivity index (χ1n) is 10.5. The van der Waals surface area contributed by atoms with Crippen molar-refractivity contribution in [3.63, 3.8) is 0 Å². The summed E-state index contributed by atoms with van der Waals surface area (Å²) >= 11 is 0. The van der Waals surface area contributed by atoms with Gasteiger partial charge in [-0.15, -0.1) is 0 Å². The molecule has 1 aromatic rings. The van der Waals surface area contributed by atoms with Crippen molar-refractivity contribution < 1.29 is 11.0 Å². The lowest BCUT2D eigenvalue weighted by Gasteiger charge is -2.27. The molecule has 1 aromatic carbocycles. The van der Waals surface area contributed by atoms with Crippen LogP contribution in [0.15, 0.2) is 36.4 Å². The van der Waals surface area contributed by atoms with Gasteiger partial charge in [-0.1, -0.05) is 70.2 Å². The van der Waals surface area contributed by atoms with Crippen molar-refractivity contribution in [3.05, 3.63) is 47.6 Å². The van der Waals surface area contributed by atoms with Gasteiger partial charge in [-0.3, -0.25) is 4.79 Å². The first-order chi connectivity index (χ1) is 13.1. The predicted octanol–water partition coefficient (Wildman–Crippen LogP) is 7.41. The maximum atomic E-state index is 11.3. The summed E-state index contributed by atoms with van der Waals surface area (Å²) in [7, 11) is 1.69. The number of rotatable bonds is 8. The summed E-state index contributed by atoms with van der Waals surface area (Å²) in [6, 6.07) is 6.18. The van der Waals surface area contributed by atoms with Crippen LogP contribution in [0.3, 0.4) is 0 Å². The molecular formula is C25H40O2. The van der Waals surface area contributed by atoms with Crippen molar-refractivity contribution in [3.8, 4) is 5.75 Å². The van der Waals surface area contributed by atoms with Gasteiger partial charge in [0.1, 0.15) is 12.0 Å². The Morgan fingerprint density at radius 1 is 1.30 bits per heavy atom. The van der Waals surface area contributed by atoms with Crippen LogP contribution in [0.25, 0.3) is 5.57 Å². The molecule has 1 unspecified atom stereocenters. The fraction of sp³-hybridized carbons (Fsp3) is 0.560. The number of methoxy groups -OCH3 is 1. The summed E-state index contributed by atoms with van der Waals surface area (Å²) < 4.78 is 5.59. The molecular weight excluding hydrogens is 332 g/mol. The van der Waals surface area contributed by atoms with Crippen LogP contribution in [-0.2, 0) is 4.79 Å². The smallest absolute Gasteiger partial charge is 0.143 e. The summed E-state index contributed by atoms with van der Waals surface area (Å²) in [4.78, 5) is 11.3. The molecule has 1 aliphatic carbocycles. The molecule has 0 heterocycles. The van der Waals surface area contributed by atoms with Gasteiger partial charge in [-0.2, -0.15) is 0 Å². The number of aldehydes is 1. The van der Waals surface area contributed by atoms with Gasteiger partial charge in [-0.05, 0) is 55.9 Å². The van der Waals surface area contributed by atoms with Crippen LogP contribution in [0.5, 0.6) is 5.75 Å².